The third-order valence-corrected chi connectivity index (χ3v) is 3.09. The maximum Gasteiger partial charge on any atom is 0.324 e. The molecule has 0 N–H and O–H groups in total. The van der Waals surface area contributed by atoms with Crippen LogP contribution in [0.3, 0.4) is 0 Å². The Balaban J connectivity index is 2.43. The predicted molar refractivity (Wildman–Crippen MR) is 72.7 cm³/mol. The summed E-state index contributed by atoms with van der Waals surface area (Å²) in [5.41, 5.74) is 0.617. The van der Waals surface area contributed by atoms with Crippen LogP contribution >= 0.6 is 0 Å². The van der Waals surface area contributed by atoms with Crippen LogP contribution in [-0.4, -0.2) is 12.6 Å². The van der Waals surface area contributed by atoms with E-state index < -0.39 is 17.8 Å². The topological polar surface area (TPSA) is 63.2 Å². The van der Waals surface area contributed by atoms with Gasteiger partial charge in [0.2, 0.25) is 0 Å². The second-order valence-corrected chi connectivity index (χ2v) is 4.40. The van der Waals surface area contributed by atoms with Crippen LogP contribution in [0.5, 0.6) is 0 Å². The molecule has 0 saturated carbocycles. The van der Waals surface area contributed by atoms with Crippen molar-refractivity contribution in [1.82, 2.24) is 0 Å². The smallest absolute Gasteiger partial charge is 0.324 e. The Morgan fingerprint density at radius 1 is 1.38 bits per heavy atom. The van der Waals surface area contributed by atoms with Crippen molar-refractivity contribution in [2.45, 2.75) is 12.8 Å². The Bertz CT molecular complexity index is 629. The molecule has 0 fully saturated rings. The summed E-state index contributed by atoms with van der Waals surface area (Å²) in [5, 5.41) is 9.34. The maximum atomic E-state index is 13.1. The number of rotatable bonds is 5. The molecule has 0 aliphatic carbocycles. The highest BCUT2D eigenvalue weighted by Gasteiger charge is 2.34. The quantitative estimate of drug-likeness (QED) is 0.792. The molecule has 0 spiro atoms. The minimum atomic E-state index is -1.05. The number of benzene rings is 1. The molecular weight excluding hydrogens is 273 g/mol. The van der Waals surface area contributed by atoms with Crippen molar-refractivity contribution in [3.8, 4) is 6.07 Å². The Morgan fingerprint density at radius 3 is 2.62 bits per heavy atom. The molecule has 1 aromatic heterocycles. The van der Waals surface area contributed by atoms with Gasteiger partial charge < -0.3 is 9.15 Å². The Hall–Kier alpha value is -2.61. The van der Waals surface area contributed by atoms with Crippen LogP contribution in [0.15, 0.2) is 47.1 Å². The number of carbonyl (C=O) groups is 1. The first-order valence-electron chi connectivity index (χ1n) is 6.52. The molecule has 0 unspecified atom stereocenters. The number of carbonyl (C=O) groups excluding carboxylic acids is 1. The summed E-state index contributed by atoms with van der Waals surface area (Å²) in [6.07, 6.45) is 1.46. The van der Waals surface area contributed by atoms with E-state index in [1.807, 2.05) is 6.07 Å². The van der Waals surface area contributed by atoms with Gasteiger partial charge in [0.1, 0.15) is 11.6 Å². The van der Waals surface area contributed by atoms with Crippen LogP contribution in [0.2, 0.25) is 0 Å². The van der Waals surface area contributed by atoms with Gasteiger partial charge in [-0.3, -0.25) is 4.79 Å². The maximum absolute atomic E-state index is 13.1. The zero-order valence-electron chi connectivity index (χ0n) is 11.5. The van der Waals surface area contributed by atoms with E-state index in [0.717, 1.165) is 0 Å². The summed E-state index contributed by atoms with van der Waals surface area (Å²) < 4.78 is 23.4. The van der Waals surface area contributed by atoms with Crippen molar-refractivity contribution in [2.75, 3.05) is 6.61 Å². The van der Waals surface area contributed by atoms with Gasteiger partial charge in [0, 0.05) is 0 Å². The van der Waals surface area contributed by atoms with Crippen molar-refractivity contribution >= 4 is 5.97 Å². The van der Waals surface area contributed by atoms with Crippen molar-refractivity contribution in [3.63, 3.8) is 0 Å². The number of furan rings is 1. The minimum Gasteiger partial charge on any atom is -0.469 e. The number of hydrogen-bond donors (Lipinski definition) is 0. The lowest BCUT2D eigenvalue weighted by Crippen LogP contribution is -2.24. The third-order valence-electron chi connectivity index (χ3n) is 3.09. The van der Waals surface area contributed by atoms with Gasteiger partial charge in [-0.25, -0.2) is 4.39 Å². The highest BCUT2D eigenvalue weighted by Crippen LogP contribution is 2.33. The van der Waals surface area contributed by atoms with Crippen molar-refractivity contribution in [2.24, 2.45) is 5.92 Å². The second kappa shape index (κ2) is 6.71. The zero-order valence-corrected chi connectivity index (χ0v) is 11.5. The number of esters is 1. The zero-order chi connectivity index (χ0) is 15.2. The molecule has 0 radical (unpaired) electrons. The highest BCUT2D eigenvalue weighted by molar-refractivity contribution is 5.77. The molecule has 1 aromatic carbocycles. The molecule has 0 saturated heterocycles. The average molecular weight is 287 g/mol. The molecule has 108 valence electrons. The van der Waals surface area contributed by atoms with E-state index in [1.54, 1.807) is 19.1 Å². The van der Waals surface area contributed by atoms with Crippen LogP contribution in [0.25, 0.3) is 0 Å². The van der Waals surface area contributed by atoms with Crippen molar-refractivity contribution in [3.05, 3.63) is 59.8 Å². The number of nitrogens with zero attached hydrogens (tertiary/aromatic N) is 1. The molecule has 0 aliphatic heterocycles. The molecule has 0 amide bonds. The van der Waals surface area contributed by atoms with E-state index in [2.05, 4.69) is 0 Å². The van der Waals surface area contributed by atoms with Crippen LogP contribution in [0, 0.1) is 23.1 Å². The fraction of sp³-hybridized carbons (Fsp3) is 0.250. The summed E-state index contributed by atoms with van der Waals surface area (Å²) in [6, 6.07) is 10.9. The van der Waals surface area contributed by atoms with Gasteiger partial charge in [-0.05, 0) is 36.8 Å². The molecule has 0 bridgehead atoms. The summed E-state index contributed by atoms with van der Waals surface area (Å²) in [5.74, 6) is -2.24. The monoisotopic (exact) mass is 287 g/mol. The predicted octanol–water partition coefficient (Wildman–Crippen LogP) is 3.25. The van der Waals surface area contributed by atoms with Gasteiger partial charge in [0.05, 0.1) is 24.9 Å². The molecule has 1 heterocycles. The van der Waals surface area contributed by atoms with Crippen LogP contribution < -0.4 is 0 Å². The fourth-order valence-corrected chi connectivity index (χ4v) is 2.15. The van der Waals surface area contributed by atoms with E-state index in [9.17, 15) is 14.4 Å². The average Bonchev–Trinajstić information content (AvgIpc) is 3.00. The van der Waals surface area contributed by atoms with Crippen LogP contribution in [-0.2, 0) is 9.53 Å². The minimum absolute atomic E-state index is 0.186. The molecule has 2 aromatic rings. The Kier molecular flexibility index (Phi) is 4.72. The van der Waals surface area contributed by atoms with Gasteiger partial charge in [0.15, 0.2) is 5.92 Å². The number of nitriles is 1. The third kappa shape index (κ3) is 3.29. The summed E-state index contributed by atoms with van der Waals surface area (Å²) in [4.78, 5) is 12.0. The molecule has 21 heavy (non-hydrogen) atoms. The molecule has 4 nitrogen and oxygen atoms in total. The van der Waals surface area contributed by atoms with Gasteiger partial charge in [-0.15, -0.1) is 0 Å². The number of ether oxygens (including phenoxy) is 1. The fourth-order valence-electron chi connectivity index (χ4n) is 2.15. The van der Waals surface area contributed by atoms with Crippen molar-refractivity contribution in [1.29, 1.82) is 5.26 Å². The Labute approximate surface area is 121 Å². The van der Waals surface area contributed by atoms with Gasteiger partial charge in [0.25, 0.3) is 0 Å². The SMILES string of the molecule is CCOC(=O)[C@@H](C#N)[C@H](c1ccc(F)cc1)c1ccco1. The second-order valence-electron chi connectivity index (χ2n) is 4.40. The summed E-state index contributed by atoms with van der Waals surface area (Å²) in [6.45, 7) is 1.86. The first kappa shape index (κ1) is 14.8. The lowest BCUT2D eigenvalue weighted by molar-refractivity contribution is -0.146. The lowest BCUT2D eigenvalue weighted by atomic mass is 9.85. The highest BCUT2D eigenvalue weighted by atomic mass is 19.1. The van der Waals surface area contributed by atoms with Gasteiger partial charge in [-0.1, -0.05) is 12.1 Å². The van der Waals surface area contributed by atoms with E-state index in [4.69, 9.17) is 9.15 Å². The van der Waals surface area contributed by atoms with E-state index in [1.165, 1.54) is 30.5 Å². The largest absolute Gasteiger partial charge is 0.469 e. The molecule has 0 aliphatic rings. The summed E-state index contributed by atoms with van der Waals surface area (Å²) in [7, 11) is 0. The standard InChI is InChI=1S/C16H14FNO3/c1-2-20-16(19)13(10-18)15(14-4-3-9-21-14)11-5-7-12(17)8-6-11/h3-9,13,15H,2H2,1H3/t13-,15-/m0/s1. The Morgan fingerprint density at radius 2 is 2.10 bits per heavy atom. The van der Waals surface area contributed by atoms with Gasteiger partial charge >= 0.3 is 5.97 Å². The normalized spacial score (nSPS) is 13.2. The first-order valence-corrected chi connectivity index (χ1v) is 6.52. The van der Waals surface area contributed by atoms with E-state index >= 15 is 0 Å². The van der Waals surface area contributed by atoms with Crippen LogP contribution in [0.4, 0.5) is 4.39 Å². The van der Waals surface area contributed by atoms with E-state index in [-0.39, 0.29) is 12.4 Å². The molecular formula is C16H14FNO3. The van der Waals surface area contributed by atoms with Gasteiger partial charge in [-0.2, -0.15) is 5.26 Å². The molecule has 5 heteroatoms. The van der Waals surface area contributed by atoms with Crippen molar-refractivity contribution < 1.29 is 18.3 Å². The molecule has 2 atom stereocenters. The molecule has 2 rings (SSSR count). The first-order chi connectivity index (χ1) is 10.2. The number of hydrogen-bond acceptors (Lipinski definition) is 4. The lowest BCUT2D eigenvalue weighted by Gasteiger charge is -2.19. The van der Waals surface area contributed by atoms with Crippen LogP contribution in [0.1, 0.15) is 24.2 Å². The number of halogens is 1. The summed E-state index contributed by atoms with van der Waals surface area (Å²) >= 11 is 0. The van der Waals surface area contributed by atoms with E-state index in [0.29, 0.717) is 11.3 Å².